The van der Waals surface area contributed by atoms with E-state index in [9.17, 15) is 9.59 Å². The van der Waals surface area contributed by atoms with Crippen molar-refractivity contribution in [1.29, 1.82) is 0 Å². The van der Waals surface area contributed by atoms with Crippen LogP contribution in [0.5, 0.6) is 5.75 Å². The molecule has 0 aromatic heterocycles. The molecule has 3 unspecified atom stereocenters. The summed E-state index contributed by atoms with van der Waals surface area (Å²) in [6.07, 6.45) is 3.46. The van der Waals surface area contributed by atoms with Crippen LogP contribution in [0.15, 0.2) is 24.3 Å². The van der Waals surface area contributed by atoms with Crippen molar-refractivity contribution in [2.24, 2.45) is 5.92 Å². The van der Waals surface area contributed by atoms with Crippen molar-refractivity contribution in [3.63, 3.8) is 0 Å². The first-order valence-electron chi connectivity index (χ1n) is 10.1. The number of carbonyl (C=O) groups is 2. The molecule has 0 aliphatic carbocycles. The number of likely N-dealkylation sites (tertiary alicyclic amines) is 1. The van der Waals surface area contributed by atoms with Crippen molar-refractivity contribution in [3.05, 3.63) is 29.8 Å². The second-order valence-corrected chi connectivity index (χ2v) is 7.76. The maximum Gasteiger partial charge on any atom is 0.263 e. The Labute approximate surface area is 173 Å². The van der Waals surface area contributed by atoms with Crippen molar-refractivity contribution < 1.29 is 14.3 Å². The minimum Gasteiger partial charge on any atom is -0.481 e. The monoisotopic (exact) mass is 409 g/mol. The highest BCUT2D eigenvalue weighted by Crippen LogP contribution is 2.19. The number of hydrogen-bond donors (Lipinski definition) is 2. The third-order valence-electron chi connectivity index (χ3n) is 5.45. The number of rotatable bonds is 6. The van der Waals surface area contributed by atoms with Crippen LogP contribution in [0.4, 0.5) is 0 Å². The number of nitrogens with zero attached hydrogens (tertiary/aromatic N) is 1. The Hall–Kier alpha value is -1.79. The molecule has 0 spiro atoms. The average molecular weight is 410 g/mol. The molecule has 0 bridgehead atoms. The zero-order valence-electron chi connectivity index (χ0n) is 16.8. The van der Waals surface area contributed by atoms with E-state index in [2.05, 4.69) is 10.6 Å². The second kappa shape index (κ2) is 10.7. The largest absolute Gasteiger partial charge is 0.481 e. The van der Waals surface area contributed by atoms with Gasteiger partial charge in [0.2, 0.25) is 5.91 Å². The molecule has 6 nitrogen and oxygen atoms in total. The lowest BCUT2D eigenvalue weighted by molar-refractivity contribution is -0.139. The van der Waals surface area contributed by atoms with Gasteiger partial charge in [-0.2, -0.15) is 0 Å². The lowest BCUT2D eigenvalue weighted by atomic mass is 9.97. The Morgan fingerprint density at radius 1 is 1.25 bits per heavy atom. The van der Waals surface area contributed by atoms with Crippen LogP contribution in [0.2, 0.25) is 0 Å². The van der Waals surface area contributed by atoms with E-state index in [1.54, 1.807) is 6.92 Å². The number of benzene rings is 1. The van der Waals surface area contributed by atoms with Gasteiger partial charge in [-0.15, -0.1) is 12.4 Å². The molecule has 2 amide bonds. The molecule has 2 fully saturated rings. The molecule has 0 radical (unpaired) electrons. The van der Waals surface area contributed by atoms with Crippen LogP contribution in [-0.2, 0) is 9.59 Å². The Bertz CT molecular complexity index is 647. The highest BCUT2D eigenvalue weighted by Gasteiger charge is 2.29. The van der Waals surface area contributed by atoms with E-state index >= 15 is 0 Å². The van der Waals surface area contributed by atoms with Gasteiger partial charge in [-0.25, -0.2) is 0 Å². The summed E-state index contributed by atoms with van der Waals surface area (Å²) < 4.78 is 5.82. The fourth-order valence-corrected chi connectivity index (χ4v) is 3.84. The Morgan fingerprint density at radius 3 is 2.68 bits per heavy atom. The standard InChI is InChI=1S/C21H31N3O3.ClH/c1-15-7-9-18(10-8-15)27-16(2)21(26)24-12-4-5-17(14-24)13-23-20(25)19-6-3-11-22-19;/h7-10,16-17,19,22H,3-6,11-14H2,1-2H3,(H,23,25);1H. The summed E-state index contributed by atoms with van der Waals surface area (Å²) >= 11 is 0. The number of carbonyl (C=O) groups excluding carboxylic acids is 2. The fourth-order valence-electron chi connectivity index (χ4n) is 3.84. The van der Waals surface area contributed by atoms with Gasteiger partial charge in [-0.3, -0.25) is 9.59 Å². The summed E-state index contributed by atoms with van der Waals surface area (Å²) in [5.41, 5.74) is 1.16. The van der Waals surface area contributed by atoms with Gasteiger partial charge in [0.15, 0.2) is 6.10 Å². The highest BCUT2D eigenvalue weighted by atomic mass is 35.5. The molecule has 3 rings (SSSR count). The van der Waals surface area contributed by atoms with Gasteiger partial charge in [0.1, 0.15) is 5.75 Å². The third kappa shape index (κ3) is 6.11. The van der Waals surface area contributed by atoms with Gasteiger partial charge in [-0.05, 0) is 64.1 Å². The highest BCUT2D eigenvalue weighted by molar-refractivity contribution is 5.85. The summed E-state index contributed by atoms with van der Waals surface area (Å²) in [7, 11) is 0. The van der Waals surface area contributed by atoms with Crippen molar-refractivity contribution in [2.45, 2.75) is 51.7 Å². The van der Waals surface area contributed by atoms with Gasteiger partial charge in [-0.1, -0.05) is 17.7 Å². The number of halogens is 1. The summed E-state index contributed by atoms with van der Waals surface area (Å²) in [6, 6.07) is 7.70. The smallest absolute Gasteiger partial charge is 0.263 e. The molecule has 2 aliphatic heterocycles. The van der Waals surface area contributed by atoms with Gasteiger partial charge in [0.25, 0.3) is 5.91 Å². The van der Waals surface area contributed by atoms with Gasteiger partial charge in [0, 0.05) is 19.6 Å². The predicted molar refractivity (Wildman–Crippen MR) is 112 cm³/mol. The minimum atomic E-state index is -0.510. The van der Waals surface area contributed by atoms with E-state index in [1.807, 2.05) is 36.1 Å². The van der Waals surface area contributed by atoms with Crippen molar-refractivity contribution in [1.82, 2.24) is 15.5 Å². The number of nitrogens with one attached hydrogen (secondary N) is 2. The van der Waals surface area contributed by atoms with E-state index in [0.717, 1.165) is 44.3 Å². The Morgan fingerprint density at radius 2 is 2.00 bits per heavy atom. The number of ether oxygens (including phenoxy) is 1. The van der Waals surface area contributed by atoms with Gasteiger partial charge >= 0.3 is 0 Å². The van der Waals surface area contributed by atoms with Crippen LogP contribution >= 0.6 is 12.4 Å². The third-order valence-corrected chi connectivity index (χ3v) is 5.45. The van der Waals surface area contributed by atoms with E-state index in [0.29, 0.717) is 24.8 Å². The molecule has 2 saturated heterocycles. The van der Waals surface area contributed by atoms with Crippen LogP contribution in [0.25, 0.3) is 0 Å². The molecular formula is C21H32ClN3O3. The molecule has 1 aromatic rings. The van der Waals surface area contributed by atoms with E-state index < -0.39 is 6.10 Å². The average Bonchev–Trinajstić information content (AvgIpc) is 3.22. The van der Waals surface area contributed by atoms with Crippen molar-refractivity contribution >= 4 is 24.2 Å². The van der Waals surface area contributed by atoms with E-state index in [-0.39, 0.29) is 30.3 Å². The normalized spacial score (nSPS) is 22.9. The maximum absolute atomic E-state index is 12.8. The number of amides is 2. The predicted octanol–water partition coefficient (Wildman–Crippen LogP) is 2.29. The first-order valence-corrected chi connectivity index (χ1v) is 10.1. The molecule has 28 heavy (non-hydrogen) atoms. The number of aryl methyl sites for hydroxylation is 1. The summed E-state index contributed by atoms with van der Waals surface area (Å²) in [5.74, 6) is 1.13. The van der Waals surface area contributed by atoms with E-state index in [1.165, 1.54) is 0 Å². The Balaban J connectivity index is 0.00000280. The van der Waals surface area contributed by atoms with Crippen LogP contribution in [0.3, 0.4) is 0 Å². The first-order chi connectivity index (χ1) is 13.0. The molecule has 2 heterocycles. The van der Waals surface area contributed by atoms with E-state index in [4.69, 9.17) is 4.74 Å². The number of piperidine rings is 1. The zero-order chi connectivity index (χ0) is 19.2. The fraction of sp³-hybridized carbons (Fsp3) is 0.619. The lowest BCUT2D eigenvalue weighted by Gasteiger charge is -2.34. The molecule has 156 valence electrons. The van der Waals surface area contributed by atoms with Crippen molar-refractivity contribution in [2.75, 3.05) is 26.2 Å². The molecule has 2 N–H and O–H groups in total. The minimum absolute atomic E-state index is 0. The van der Waals surface area contributed by atoms with Gasteiger partial charge < -0.3 is 20.3 Å². The lowest BCUT2D eigenvalue weighted by Crippen LogP contribution is -2.49. The summed E-state index contributed by atoms with van der Waals surface area (Å²) in [5, 5.41) is 6.28. The molecular weight excluding hydrogens is 378 g/mol. The summed E-state index contributed by atoms with van der Waals surface area (Å²) in [4.78, 5) is 26.8. The molecule has 2 aliphatic rings. The van der Waals surface area contributed by atoms with Crippen LogP contribution in [-0.4, -0.2) is 55.0 Å². The molecule has 0 saturated carbocycles. The second-order valence-electron chi connectivity index (χ2n) is 7.76. The van der Waals surface area contributed by atoms with Gasteiger partial charge in [0.05, 0.1) is 6.04 Å². The SMILES string of the molecule is Cc1ccc(OC(C)C(=O)N2CCCC(CNC(=O)C3CCCN3)C2)cc1.Cl. The topological polar surface area (TPSA) is 70.7 Å². The first kappa shape index (κ1) is 22.5. The summed E-state index contributed by atoms with van der Waals surface area (Å²) in [6.45, 7) is 6.82. The molecule has 3 atom stereocenters. The Kier molecular flexibility index (Phi) is 8.58. The zero-order valence-corrected chi connectivity index (χ0v) is 17.6. The quantitative estimate of drug-likeness (QED) is 0.756. The van der Waals surface area contributed by atoms with Crippen LogP contribution < -0.4 is 15.4 Å². The van der Waals surface area contributed by atoms with Crippen LogP contribution in [0.1, 0.15) is 38.2 Å². The molecule has 7 heteroatoms. The van der Waals surface area contributed by atoms with Crippen LogP contribution in [0, 0.1) is 12.8 Å². The number of hydrogen-bond acceptors (Lipinski definition) is 4. The van der Waals surface area contributed by atoms with Crippen molar-refractivity contribution in [3.8, 4) is 5.75 Å². The maximum atomic E-state index is 12.8. The molecule has 1 aromatic carbocycles.